The SMILES string of the molecule is CCCCCCCC/C=C\CCCCCCCC(=O)OC(COC(=O)CCCCCCCCCCCCCCC)COP(=O)(O)OCC(O)C(O)C(O)C(O)C(=O)O. The van der Waals surface area contributed by atoms with E-state index in [0.717, 1.165) is 57.8 Å². The molecule has 0 aromatic rings. The van der Waals surface area contributed by atoms with Crippen LogP contribution in [0.25, 0.3) is 0 Å². The number of carbonyl (C=O) groups is 3. The maximum Gasteiger partial charge on any atom is 0.472 e. The smallest absolute Gasteiger partial charge is 0.472 e. The van der Waals surface area contributed by atoms with Gasteiger partial charge in [-0.05, 0) is 38.5 Å². The molecule has 0 aromatic heterocycles. The monoisotopic (exact) mass is 853 g/mol. The summed E-state index contributed by atoms with van der Waals surface area (Å²) in [6.07, 6.45) is 23.9. The molecule has 0 aliphatic heterocycles. The lowest BCUT2D eigenvalue weighted by Gasteiger charge is -2.25. The number of hydrogen-bond acceptors (Lipinski definition) is 12. The first kappa shape index (κ1) is 56.1. The van der Waals surface area contributed by atoms with E-state index >= 15 is 0 Å². The molecule has 0 heterocycles. The van der Waals surface area contributed by atoms with Crippen LogP contribution >= 0.6 is 7.82 Å². The highest BCUT2D eigenvalue weighted by Crippen LogP contribution is 2.43. The van der Waals surface area contributed by atoms with Crippen molar-refractivity contribution in [2.75, 3.05) is 19.8 Å². The van der Waals surface area contributed by atoms with Crippen LogP contribution < -0.4 is 0 Å². The second kappa shape index (κ2) is 38.1. The van der Waals surface area contributed by atoms with Gasteiger partial charge in [-0.1, -0.05) is 154 Å². The molecule has 0 bridgehead atoms. The minimum absolute atomic E-state index is 0.0868. The molecule has 0 amide bonds. The number of unbranched alkanes of at least 4 members (excludes halogenated alkanes) is 23. The number of phosphoric acid groups is 1. The quantitative estimate of drug-likeness (QED) is 0.0146. The molecular weight excluding hydrogens is 771 g/mol. The maximum atomic E-state index is 12.7. The summed E-state index contributed by atoms with van der Waals surface area (Å²) in [7, 11) is -4.97. The van der Waals surface area contributed by atoms with Gasteiger partial charge in [0.15, 0.2) is 12.2 Å². The Morgan fingerprint density at radius 3 is 1.38 bits per heavy atom. The molecule has 342 valence electrons. The second-order valence-electron chi connectivity index (χ2n) is 15.5. The number of ether oxygens (including phenoxy) is 2. The molecule has 15 heteroatoms. The van der Waals surface area contributed by atoms with E-state index < -0.39 is 76.1 Å². The van der Waals surface area contributed by atoms with Crippen molar-refractivity contribution in [3.63, 3.8) is 0 Å². The molecule has 58 heavy (non-hydrogen) atoms. The van der Waals surface area contributed by atoms with Gasteiger partial charge in [-0.2, -0.15) is 0 Å². The first-order valence-electron chi connectivity index (χ1n) is 22.4. The fraction of sp³-hybridized carbons (Fsp3) is 0.884. The molecule has 6 atom stereocenters. The number of phosphoric ester groups is 1. The lowest BCUT2D eigenvalue weighted by atomic mass is 10.0. The van der Waals surface area contributed by atoms with E-state index in [9.17, 15) is 44.3 Å². The number of hydrogen-bond donors (Lipinski definition) is 6. The van der Waals surface area contributed by atoms with Gasteiger partial charge < -0.3 is 39.9 Å². The van der Waals surface area contributed by atoms with Gasteiger partial charge in [-0.15, -0.1) is 0 Å². The second-order valence-corrected chi connectivity index (χ2v) is 17.0. The molecule has 0 radical (unpaired) electrons. The van der Waals surface area contributed by atoms with Gasteiger partial charge >= 0.3 is 25.7 Å². The van der Waals surface area contributed by atoms with Crippen LogP contribution in [0.4, 0.5) is 0 Å². The molecular formula is C43H81O14P. The van der Waals surface area contributed by atoms with Crippen molar-refractivity contribution >= 4 is 25.7 Å². The van der Waals surface area contributed by atoms with Crippen molar-refractivity contribution in [2.45, 2.75) is 224 Å². The number of rotatable bonds is 42. The molecule has 6 N–H and O–H groups in total. The van der Waals surface area contributed by atoms with Crippen LogP contribution in [-0.4, -0.2) is 98.7 Å². The minimum Gasteiger partial charge on any atom is -0.479 e. The largest absolute Gasteiger partial charge is 0.479 e. The predicted octanol–water partition coefficient (Wildman–Crippen LogP) is 8.62. The van der Waals surface area contributed by atoms with Crippen molar-refractivity contribution < 1.29 is 67.9 Å². The molecule has 14 nitrogen and oxygen atoms in total. The number of aliphatic carboxylic acids is 1. The van der Waals surface area contributed by atoms with Crippen molar-refractivity contribution in [2.24, 2.45) is 0 Å². The highest BCUT2D eigenvalue weighted by Gasteiger charge is 2.36. The lowest BCUT2D eigenvalue weighted by Crippen LogP contribution is -2.48. The van der Waals surface area contributed by atoms with E-state index in [2.05, 4.69) is 30.5 Å². The van der Waals surface area contributed by atoms with Gasteiger partial charge in [-0.3, -0.25) is 18.6 Å². The van der Waals surface area contributed by atoms with Crippen molar-refractivity contribution in [1.82, 2.24) is 0 Å². The third kappa shape index (κ3) is 33.9. The first-order valence-corrected chi connectivity index (χ1v) is 23.9. The predicted molar refractivity (Wildman–Crippen MR) is 224 cm³/mol. The van der Waals surface area contributed by atoms with E-state index in [4.69, 9.17) is 19.1 Å². The molecule has 0 aliphatic carbocycles. The lowest BCUT2D eigenvalue weighted by molar-refractivity contribution is -0.164. The van der Waals surface area contributed by atoms with Gasteiger partial charge in [0, 0.05) is 12.8 Å². The van der Waals surface area contributed by atoms with Crippen molar-refractivity contribution in [3.05, 3.63) is 12.2 Å². The Hall–Kier alpha value is -1.90. The average molecular weight is 853 g/mol. The van der Waals surface area contributed by atoms with Gasteiger partial charge in [0.25, 0.3) is 0 Å². The Labute approximate surface area is 349 Å². The third-order valence-corrected chi connectivity index (χ3v) is 11.0. The average Bonchev–Trinajstić information content (AvgIpc) is 3.20. The fourth-order valence-corrected chi connectivity index (χ4v) is 7.06. The summed E-state index contributed by atoms with van der Waals surface area (Å²) in [5.74, 6) is -2.97. The Kier molecular flexibility index (Phi) is 36.8. The van der Waals surface area contributed by atoms with Gasteiger partial charge in [0.1, 0.15) is 24.9 Å². The summed E-state index contributed by atoms with van der Waals surface area (Å²) in [6.45, 7) is 2.21. The normalized spacial score (nSPS) is 15.4. The number of carbonyl (C=O) groups excluding carboxylic acids is 2. The summed E-state index contributed by atoms with van der Waals surface area (Å²) in [4.78, 5) is 46.1. The molecule has 0 rings (SSSR count). The number of aliphatic hydroxyl groups is 4. The van der Waals surface area contributed by atoms with Crippen LogP contribution in [-0.2, 0) is 37.5 Å². The minimum atomic E-state index is -4.97. The standard InChI is InChI=1S/C43H81O14P/c1-3-5-7-9-11-13-15-17-18-20-22-24-26-28-30-32-39(46)57-36(34-55-58(52,53)56-35-37(44)40(47)41(48)42(49)43(50)51)33-54-38(45)31-29-27-25-23-21-19-16-14-12-10-8-6-4-2/h17-18,36-37,40-42,44,47-49H,3-16,19-35H2,1-2H3,(H,50,51)(H,52,53)/b18-17-. The van der Waals surface area contributed by atoms with Crippen LogP contribution in [0.1, 0.15) is 194 Å². The number of allylic oxidation sites excluding steroid dienone is 2. The molecule has 0 fully saturated rings. The van der Waals surface area contributed by atoms with Crippen LogP contribution in [0.2, 0.25) is 0 Å². The van der Waals surface area contributed by atoms with Crippen LogP contribution in [0, 0.1) is 0 Å². The first-order chi connectivity index (χ1) is 27.8. The maximum absolute atomic E-state index is 12.7. The third-order valence-electron chi connectivity index (χ3n) is 10.0. The zero-order valence-electron chi connectivity index (χ0n) is 35.9. The summed E-state index contributed by atoms with van der Waals surface area (Å²) >= 11 is 0. The Morgan fingerprint density at radius 2 is 0.931 bits per heavy atom. The summed E-state index contributed by atoms with van der Waals surface area (Å²) in [6, 6.07) is 0. The molecule has 0 saturated heterocycles. The molecule has 0 saturated carbocycles. The van der Waals surface area contributed by atoms with Gasteiger partial charge in [0.2, 0.25) is 0 Å². The topological polar surface area (TPSA) is 227 Å². The Morgan fingerprint density at radius 1 is 0.534 bits per heavy atom. The highest BCUT2D eigenvalue weighted by atomic mass is 31.2. The van der Waals surface area contributed by atoms with Crippen molar-refractivity contribution in [1.29, 1.82) is 0 Å². The van der Waals surface area contributed by atoms with E-state index in [1.165, 1.54) is 96.3 Å². The number of esters is 2. The molecule has 6 unspecified atom stereocenters. The fourth-order valence-electron chi connectivity index (χ4n) is 6.29. The van der Waals surface area contributed by atoms with E-state index in [1.54, 1.807) is 0 Å². The van der Waals surface area contributed by atoms with E-state index in [0.29, 0.717) is 12.8 Å². The van der Waals surface area contributed by atoms with Gasteiger partial charge in [0.05, 0.1) is 13.2 Å². The number of carboxylic acids is 1. The Balaban J connectivity index is 4.71. The van der Waals surface area contributed by atoms with Crippen LogP contribution in [0.15, 0.2) is 12.2 Å². The number of aliphatic hydroxyl groups excluding tert-OH is 4. The highest BCUT2D eigenvalue weighted by molar-refractivity contribution is 7.47. The molecule has 0 aromatic carbocycles. The van der Waals surface area contributed by atoms with Crippen molar-refractivity contribution in [3.8, 4) is 0 Å². The molecule has 0 aliphatic rings. The van der Waals surface area contributed by atoms with E-state index in [1.807, 2.05) is 0 Å². The Bertz CT molecular complexity index is 1090. The van der Waals surface area contributed by atoms with Crippen LogP contribution in [0.3, 0.4) is 0 Å². The summed E-state index contributed by atoms with van der Waals surface area (Å²) in [5, 5.41) is 47.7. The van der Waals surface area contributed by atoms with E-state index in [-0.39, 0.29) is 12.8 Å². The van der Waals surface area contributed by atoms with Gasteiger partial charge in [-0.25, -0.2) is 9.36 Å². The summed E-state index contributed by atoms with van der Waals surface area (Å²) < 4.78 is 32.9. The summed E-state index contributed by atoms with van der Waals surface area (Å²) in [5.41, 5.74) is 0. The van der Waals surface area contributed by atoms with Crippen LogP contribution in [0.5, 0.6) is 0 Å². The molecule has 0 spiro atoms. The zero-order valence-corrected chi connectivity index (χ0v) is 36.8. The zero-order chi connectivity index (χ0) is 43.3. The number of carboxylic acid groups (broad SMARTS) is 1.